The Morgan fingerprint density at radius 2 is 1.85 bits per heavy atom. The number of methoxy groups -OCH3 is 1. The molecule has 2 rings (SSSR count). The van der Waals surface area contributed by atoms with Crippen LogP contribution in [0.1, 0.15) is 33.3 Å². The van der Waals surface area contributed by atoms with Crippen LogP contribution in [0, 0.1) is 16.7 Å². The van der Waals surface area contributed by atoms with E-state index in [0.717, 1.165) is 17.2 Å². The van der Waals surface area contributed by atoms with Gasteiger partial charge in [0.05, 0.1) is 7.11 Å². The van der Waals surface area contributed by atoms with E-state index in [0.29, 0.717) is 22.8 Å². The summed E-state index contributed by atoms with van der Waals surface area (Å²) < 4.78 is 5.46. The van der Waals surface area contributed by atoms with Gasteiger partial charge in [-0.25, -0.2) is 0 Å². The van der Waals surface area contributed by atoms with Gasteiger partial charge in [0.1, 0.15) is 5.75 Å². The lowest BCUT2D eigenvalue weighted by molar-refractivity contribution is 0.390. The Balaban J connectivity index is 2.22. The van der Waals surface area contributed by atoms with E-state index in [-0.39, 0.29) is 0 Å². The molecule has 1 saturated carbocycles. The van der Waals surface area contributed by atoms with E-state index in [9.17, 15) is 0 Å². The number of likely N-dealkylation sites (N-methyl/N-ethyl adjacent to an activating group) is 1. The highest BCUT2D eigenvalue weighted by Crippen LogP contribution is 2.69. The van der Waals surface area contributed by atoms with Gasteiger partial charge in [-0.05, 0) is 54.0 Å². The molecule has 0 spiro atoms. The third-order valence-electron chi connectivity index (χ3n) is 5.59. The molecule has 1 aliphatic rings. The number of hydrogen-bond donors (Lipinski definition) is 1. The molecule has 1 fully saturated rings. The van der Waals surface area contributed by atoms with Crippen molar-refractivity contribution in [2.45, 2.75) is 40.2 Å². The summed E-state index contributed by atoms with van der Waals surface area (Å²) >= 11 is 6.13. The Morgan fingerprint density at radius 3 is 2.30 bits per heavy atom. The van der Waals surface area contributed by atoms with E-state index >= 15 is 0 Å². The normalized spacial score (nSPS) is 21.6. The van der Waals surface area contributed by atoms with Crippen molar-refractivity contribution >= 4 is 11.6 Å². The maximum Gasteiger partial charge on any atom is 0.122 e. The Bertz CT molecular complexity index is 482. The molecule has 0 aliphatic heterocycles. The lowest BCUT2D eigenvalue weighted by Crippen LogP contribution is -2.32. The van der Waals surface area contributed by atoms with Gasteiger partial charge in [-0.1, -0.05) is 39.3 Å². The van der Waals surface area contributed by atoms with Crippen LogP contribution in [0.25, 0.3) is 0 Å². The third kappa shape index (κ3) is 2.44. The molecule has 0 saturated heterocycles. The monoisotopic (exact) mass is 295 g/mol. The summed E-state index contributed by atoms with van der Waals surface area (Å²) in [5, 5.41) is 4.26. The number of hydrogen-bond acceptors (Lipinski definition) is 2. The summed E-state index contributed by atoms with van der Waals surface area (Å²) in [6.45, 7) is 9.43. The highest BCUT2D eigenvalue weighted by Gasteiger charge is 2.66. The van der Waals surface area contributed by atoms with Gasteiger partial charge in [0.15, 0.2) is 0 Å². The molecule has 0 bridgehead atoms. The smallest absolute Gasteiger partial charge is 0.122 e. The number of halogens is 1. The van der Waals surface area contributed by atoms with Crippen LogP contribution in [-0.4, -0.2) is 20.2 Å². The summed E-state index contributed by atoms with van der Waals surface area (Å²) in [5.41, 5.74) is 1.91. The van der Waals surface area contributed by atoms with Gasteiger partial charge < -0.3 is 10.1 Å². The fourth-order valence-electron chi connectivity index (χ4n) is 3.78. The Hall–Kier alpha value is -0.730. The number of nitrogens with one attached hydrogen (secondary N) is 1. The molecule has 0 radical (unpaired) electrons. The van der Waals surface area contributed by atoms with Gasteiger partial charge in [0, 0.05) is 11.1 Å². The number of rotatable bonds is 5. The molecule has 0 aromatic heterocycles. The van der Waals surface area contributed by atoms with Crippen molar-refractivity contribution in [3.05, 3.63) is 28.8 Å². The maximum absolute atomic E-state index is 6.13. The molecule has 1 aliphatic carbocycles. The summed E-state index contributed by atoms with van der Waals surface area (Å²) in [7, 11) is 3.76. The van der Waals surface area contributed by atoms with Crippen LogP contribution in [0.5, 0.6) is 5.75 Å². The molecule has 1 aromatic carbocycles. The Morgan fingerprint density at radius 1 is 1.25 bits per heavy atom. The Labute approximate surface area is 127 Å². The SMILES string of the molecule is CNC(Cc1cc(Cl)ccc1OC)C1C(C)(C)C1(C)C. The summed E-state index contributed by atoms with van der Waals surface area (Å²) in [4.78, 5) is 0. The third-order valence-corrected chi connectivity index (χ3v) is 5.82. The zero-order valence-corrected chi connectivity index (χ0v) is 14.1. The van der Waals surface area contributed by atoms with Gasteiger partial charge >= 0.3 is 0 Å². The van der Waals surface area contributed by atoms with Crippen LogP contribution in [0.15, 0.2) is 18.2 Å². The number of benzene rings is 1. The zero-order chi connectivity index (χ0) is 15.1. The molecule has 1 unspecified atom stereocenters. The predicted molar refractivity (Wildman–Crippen MR) is 85.6 cm³/mol. The second kappa shape index (κ2) is 5.23. The minimum Gasteiger partial charge on any atom is -0.496 e. The average Bonchev–Trinajstić information content (AvgIpc) is 2.77. The van der Waals surface area contributed by atoms with Crippen LogP contribution in [0.3, 0.4) is 0 Å². The summed E-state index contributed by atoms with van der Waals surface area (Å²) in [6, 6.07) is 6.29. The molecule has 1 atom stereocenters. The van der Waals surface area contributed by atoms with E-state index in [1.165, 1.54) is 5.56 Å². The maximum atomic E-state index is 6.13. The first kappa shape index (κ1) is 15.7. The second-order valence-corrected chi connectivity index (χ2v) is 7.41. The second-order valence-electron chi connectivity index (χ2n) is 6.98. The first-order valence-electron chi connectivity index (χ1n) is 7.25. The quantitative estimate of drug-likeness (QED) is 0.880. The molecule has 2 nitrogen and oxygen atoms in total. The molecule has 1 aromatic rings. The topological polar surface area (TPSA) is 21.3 Å². The van der Waals surface area contributed by atoms with Crippen molar-refractivity contribution in [1.29, 1.82) is 0 Å². The van der Waals surface area contributed by atoms with E-state index in [4.69, 9.17) is 16.3 Å². The van der Waals surface area contributed by atoms with Gasteiger partial charge in [-0.2, -0.15) is 0 Å². The molecular formula is C17H26ClNO. The predicted octanol–water partition coefficient (Wildman–Crippen LogP) is 4.16. The van der Waals surface area contributed by atoms with Crippen LogP contribution in [-0.2, 0) is 6.42 Å². The van der Waals surface area contributed by atoms with Crippen molar-refractivity contribution in [3.8, 4) is 5.75 Å². The summed E-state index contributed by atoms with van der Waals surface area (Å²) in [6.07, 6.45) is 0.942. The van der Waals surface area contributed by atoms with Crippen molar-refractivity contribution in [2.24, 2.45) is 16.7 Å². The van der Waals surface area contributed by atoms with E-state index in [1.54, 1.807) is 7.11 Å². The van der Waals surface area contributed by atoms with Crippen LogP contribution < -0.4 is 10.1 Å². The highest BCUT2D eigenvalue weighted by atomic mass is 35.5. The molecule has 3 heteroatoms. The standard InChI is InChI=1S/C17H26ClNO/c1-16(2)15(17(16,3)4)13(19-5)10-11-9-12(18)7-8-14(11)20-6/h7-9,13,15,19H,10H2,1-6H3. The highest BCUT2D eigenvalue weighted by molar-refractivity contribution is 6.30. The van der Waals surface area contributed by atoms with E-state index in [1.807, 2.05) is 25.2 Å². The largest absolute Gasteiger partial charge is 0.496 e. The molecule has 0 heterocycles. The first-order chi connectivity index (χ1) is 9.25. The first-order valence-corrected chi connectivity index (χ1v) is 7.63. The van der Waals surface area contributed by atoms with E-state index in [2.05, 4.69) is 33.0 Å². The van der Waals surface area contributed by atoms with Gasteiger partial charge in [-0.15, -0.1) is 0 Å². The van der Waals surface area contributed by atoms with E-state index < -0.39 is 0 Å². The fraction of sp³-hybridized carbons (Fsp3) is 0.647. The fourth-order valence-corrected chi connectivity index (χ4v) is 3.98. The van der Waals surface area contributed by atoms with Crippen LogP contribution >= 0.6 is 11.6 Å². The zero-order valence-electron chi connectivity index (χ0n) is 13.4. The minimum atomic E-state index is 0.368. The van der Waals surface area contributed by atoms with Crippen LogP contribution in [0.4, 0.5) is 0 Å². The van der Waals surface area contributed by atoms with Crippen molar-refractivity contribution in [2.75, 3.05) is 14.2 Å². The van der Waals surface area contributed by atoms with Crippen molar-refractivity contribution in [1.82, 2.24) is 5.32 Å². The molecule has 1 N–H and O–H groups in total. The van der Waals surface area contributed by atoms with Gasteiger partial charge in [0.2, 0.25) is 0 Å². The van der Waals surface area contributed by atoms with Gasteiger partial charge in [0.25, 0.3) is 0 Å². The molecule has 112 valence electrons. The van der Waals surface area contributed by atoms with Crippen molar-refractivity contribution < 1.29 is 4.74 Å². The van der Waals surface area contributed by atoms with Crippen molar-refractivity contribution in [3.63, 3.8) is 0 Å². The molecule has 0 amide bonds. The van der Waals surface area contributed by atoms with Crippen LogP contribution in [0.2, 0.25) is 5.02 Å². The number of ether oxygens (including phenoxy) is 1. The average molecular weight is 296 g/mol. The lowest BCUT2D eigenvalue weighted by atomic mass is 9.96. The molecule has 20 heavy (non-hydrogen) atoms. The Kier molecular flexibility index (Phi) is 4.10. The minimum absolute atomic E-state index is 0.368. The lowest BCUT2D eigenvalue weighted by Gasteiger charge is -2.20. The summed E-state index contributed by atoms with van der Waals surface area (Å²) in [5.74, 6) is 1.58. The molecular weight excluding hydrogens is 270 g/mol. The van der Waals surface area contributed by atoms with Gasteiger partial charge in [-0.3, -0.25) is 0 Å².